The number of phenolic OH excluding ortho intramolecular Hbond substituents is 2. The summed E-state index contributed by atoms with van der Waals surface area (Å²) >= 11 is 9.70. The van der Waals surface area contributed by atoms with Gasteiger partial charge >= 0.3 is 0 Å². The number of amides is 1. The van der Waals surface area contributed by atoms with Crippen LogP contribution in [0.3, 0.4) is 0 Å². The Balaban J connectivity index is 2.01. The second kappa shape index (κ2) is 8.88. The van der Waals surface area contributed by atoms with Crippen molar-refractivity contribution in [3.8, 4) is 17.2 Å². The molecule has 6 nitrogen and oxygen atoms in total. The highest BCUT2D eigenvalue weighted by molar-refractivity contribution is 9.11. The van der Waals surface area contributed by atoms with Crippen molar-refractivity contribution < 1.29 is 19.7 Å². The Morgan fingerprint density at radius 1 is 1.19 bits per heavy atom. The summed E-state index contributed by atoms with van der Waals surface area (Å²) in [6.07, 6.45) is 1.29. The highest BCUT2D eigenvalue weighted by Gasteiger charge is 2.17. The number of aromatic hydroxyl groups is 2. The number of carbonyl (C=O) groups is 1. The lowest BCUT2D eigenvalue weighted by atomic mass is 10.1. The molecule has 0 atom stereocenters. The van der Waals surface area contributed by atoms with Gasteiger partial charge in [0.15, 0.2) is 6.61 Å². The van der Waals surface area contributed by atoms with Crippen LogP contribution in [0.15, 0.2) is 36.7 Å². The van der Waals surface area contributed by atoms with Gasteiger partial charge in [0, 0.05) is 5.56 Å². The van der Waals surface area contributed by atoms with Crippen LogP contribution in [-0.4, -0.2) is 28.9 Å². The number of hydrogen-bond acceptors (Lipinski definition) is 5. The fraction of sp³-hybridized carbons (Fsp3) is 0.176. The molecule has 0 saturated heterocycles. The fourth-order valence-corrected chi connectivity index (χ4v) is 3.72. The molecule has 0 unspecified atom stereocenters. The summed E-state index contributed by atoms with van der Waals surface area (Å²) in [4.78, 5) is 11.9. The van der Waals surface area contributed by atoms with Crippen LogP contribution in [0.1, 0.15) is 16.7 Å². The van der Waals surface area contributed by atoms with Gasteiger partial charge in [-0.2, -0.15) is 5.10 Å². The minimum absolute atomic E-state index is 0.113. The number of rotatable bonds is 5. The molecule has 2 aromatic rings. The van der Waals surface area contributed by atoms with Crippen LogP contribution in [0, 0.1) is 13.8 Å². The maximum atomic E-state index is 11.9. The van der Waals surface area contributed by atoms with E-state index < -0.39 is 5.91 Å². The average molecular weight is 551 g/mol. The molecule has 0 aliphatic rings. The van der Waals surface area contributed by atoms with Gasteiger partial charge < -0.3 is 14.9 Å². The predicted octanol–water partition coefficient (Wildman–Crippen LogP) is 4.53. The first-order valence-electron chi connectivity index (χ1n) is 7.32. The van der Waals surface area contributed by atoms with E-state index in [9.17, 15) is 15.0 Å². The fourth-order valence-electron chi connectivity index (χ4n) is 2.03. The van der Waals surface area contributed by atoms with Crippen LogP contribution in [0.5, 0.6) is 17.2 Å². The standard InChI is InChI=1S/C17H15Br3N2O4/c1-8-3-4-12(11(18)5-8)26-7-13(23)22-21-6-10-9(2)14(19)17(25)15(20)16(10)24/h3-6,24-25H,7H2,1-2H3,(H,22,23)/b21-6-. The summed E-state index contributed by atoms with van der Waals surface area (Å²) in [5.74, 6) is -0.198. The van der Waals surface area contributed by atoms with Crippen molar-refractivity contribution in [1.82, 2.24) is 5.43 Å². The Labute approximate surface area is 175 Å². The highest BCUT2D eigenvalue weighted by Crippen LogP contribution is 2.43. The van der Waals surface area contributed by atoms with Crippen LogP contribution >= 0.6 is 47.8 Å². The monoisotopic (exact) mass is 548 g/mol. The van der Waals surface area contributed by atoms with E-state index >= 15 is 0 Å². The Hall–Kier alpha value is -1.58. The molecule has 0 fully saturated rings. The van der Waals surface area contributed by atoms with E-state index in [0.717, 1.165) is 10.0 Å². The average Bonchev–Trinajstić information content (AvgIpc) is 2.60. The zero-order valence-electron chi connectivity index (χ0n) is 13.8. The van der Waals surface area contributed by atoms with Crippen molar-refractivity contribution in [1.29, 1.82) is 0 Å². The van der Waals surface area contributed by atoms with Gasteiger partial charge in [-0.15, -0.1) is 0 Å². The van der Waals surface area contributed by atoms with Gasteiger partial charge in [0.05, 0.1) is 15.2 Å². The van der Waals surface area contributed by atoms with Crippen LogP contribution in [0.2, 0.25) is 0 Å². The summed E-state index contributed by atoms with van der Waals surface area (Å²) in [6.45, 7) is 3.43. The number of halogens is 3. The van der Waals surface area contributed by atoms with E-state index in [2.05, 4.69) is 58.3 Å². The molecule has 2 aromatic carbocycles. The number of nitrogens with zero attached hydrogens (tertiary/aromatic N) is 1. The van der Waals surface area contributed by atoms with E-state index in [1.165, 1.54) is 6.21 Å². The Kier molecular flexibility index (Phi) is 7.08. The van der Waals surface area contributed by atoms with Crippen molar-refractivity contribution in [3.05, 3.63) is 48.3 Å². The molecule has 0 aliphatic carbocycles. The van der Waals surface area contributed by atoms with Gasteiger partial charge in [-0.3, -0.25) is 4.79 Å². The summed E-state index contributed by atoms with van der Waals surface area (Å²) in [7, 11) is 0. The predicted molar refractivity (Wildman–Crippen MR) is 110 cm³/mol. The van der Waals surface area contributed by atoms with Gasteiger partial charge in [-0.1, -0.05) is 6.07 Å². The van der Waals surface area contributed by atoms with Crippen LogP contribution in [0.25, 0.3) is 0 Å². The Morgan fingerprint density at radius 2 is 1.88 bits per heavy atom. The van der Waals surface area contributed by atoms with Gasteiger partial charge in [-0.05, 0) is 84.9 Å². The van der Waals surface area contributed by atoms with E-state index in [1.54, 1.807) is 13.0 Å². The number of hydrogen-bond donors (Lipinski definition) is 3. The molecular formula is C17H15Br3N2O4. The second-order valence-electron chi connectivity index (χ2n) is 5.38. The zero-order chi connectivity index (χ0) is 19.4. The molecular weight excluding hydrogens is 536 g/mol. The van der Waals surface area contributed by atoms with Crippen molar-refractivity contribution in [3.63, 3.8) is 0 Å². The Morgan fingerprint density at radius 3 is 2.54 bits per heavy atom. The number of ether oxygens (including phenoxy) is 1. The van der Waals surface area contributed by atoms with Gasteiger partial charge in [0.25, 0.3) is 5.91 Å². The summed E-state index contributed by atoms with van der Waals surface area (Å²) in [6, 6.07) is 5.53. The minimum Gasteiger partial charge on any atom is -0.506 e. The van der Waals surface area contributed by atoms with Crippen molar-refractivity contribution in [2.45, 2.75) is 13.8 Å². The van der Waals surface area contributed by atoms with Crippen LogP contribution < -0.4 is 10.2 Å². The molecule has 0 radical (unpaired) electrons. The number of phenols is 2. The number of carbonyl (C=O) groups excluding carboxylic acids is 1. The van der Waals surface area contributed by atoms with Crippen LogP contribution in [0.4, 0.5) is 0 Å². The first-order valence-corrected chi connectivity index (χ1v) is 9.70. The molecule has 0 aliphatic heterocycles. The molecule has 0 bridgehead atoms. The second-order valence-corrected chi connectivity index (χ2v) is 7.82. The summed E-state index contributed by atoms with van der Waals surface area (Å²) in [5.41, 5.74) is 4.32. The smallest absolute Gasteiger partial charge is 0.277 e. The normalized spacial score (nSPS) is 11.0. The maximum Gasteiger partial charge on any atom is 0.277 e. The third-order valence-electron chi connectivity index (χ3n) is 3.44. The summed E-state index contributed by atoms with van der Waals surface area (Å²) < 4.78 is 6.74. The lowest BCUT2D eigenvalue weighted by Crippen LogP contribution is -2.24. The molecule has 1 amide bonds. The quantitative estimate of drug-likeness (QED) is 0.377. The van der Waals surface area contributed by atoms with Crippen molar-refractivity contribution in [2.75, 3.05) is 6.61 Å². The van der Waals surface area contributed by atoms with Crippen molar-refractivity contribution in [2.24, 2.45) is 5.10 Å². The lowest BCUT2D eigenvalue weighted by molar-refractivity contribution is -0.123. The van der Waals surface area contributed by atoms with Gasteiger partial charge in [0.2, 0.25) is 0 Å². The molecule has 0 aromatic heterocycles. The largest absolute Gasteiger partial charge is 0.506 e. The molecule has 26 heavy (non-hydrogen) atoms. The highest BCUT2D eigenvalue weighted by atomic mass is 79.9. The first-order chi connectivity index (χ1) is 12.2. The van der Waals surface area contributed by atoms with Gasteiger partial charge in [-0.25, -0.2) is 5.43 Å². The van der Waals surface area contributed by atoms with Crippen LogP contribution in [-0.2, 0) is 4.79 Å². The molecule has 0 heterocycles. The van der Waals surface area contributed by atoms with E-state index in [0.29, 0.717) is 21.3 Å². The topological polar surface area (TPSA) is 91.2 Å². The SMILES string of the molecule is Cc1ccc(OCC(=O)N/N=C\c2c(C)c(Br)c(O)c(Br)c2O)c(Br)c1. The minimum atomic E-state index is -0.456. The summed E-state index contributed by atoms with van der Waals surface area (Å²) in [5, 5.41) is 23.8. The van der Waals surface area contributed by atoms with Crippen molar-refractivity contribution >= 4 is 59.9 Å². The third-order valence-corrected chi connectivity index (χ3v) is 5.78. The van der Waals surface area contributed by atoms with E-state index in [-0.39, 0.29) is 22.6 Å². The molecule has 3 N–H and O–H groups in total. The molecule has 2 rings (SSSR count). The third kappa shape index (κ3) is 4.77. The molecule has 9 heteroatoms. The molecule has 0 spiro atoms. The number of nitrogens with one attached hydrogen (secondary N) is 1. The number of aryl methyl sites for hydroxylation is 1. The van der Waals surface area contributed by atoms with E-state index in [1.807, 2.05) is 19.1 Å². The van der Waals surface area contributed by atoms with Gasteiger partial charge in [0.1, 0.15) is 21.7 Å². The van der Waals surface area contributed by atoms with E-state index in [4.69, 9.17) is 4.74 Å². The number of benzene rings is 2. The first kappa shape index (κ1) is 20.7. The number of hydrazone groups is 1. The maximum absolute atomic E-state index is 11.9. The zero-order valence-corrected chi connectivity index (χ0v) is 18.6. The molecule has 138 valence electrons. The Bertz CT molecular complexity index is 856. The molecule has 0 saturated carbocycles. The lowest BCUT2D eigenvalue weighted by Gasteiger charge is -2.11.